The van der Waals surface area contributed by atoms with Crippen LogP contribution in [0.2, 0.25) is 0 Å². The highest BCUT2D eigenvalue weighted by molar-refractivity contribution is 7.12. The van der Waals surface area contributed by atoms with E-state index < -0.39 is 47.3 Å². The van der Waals surface area contributed by atoms with E-state index in [4.69, 9.17) is 11.6 Å². The van der Waals surface area contributed by atoms with Gasteiger partial charge in [0.25, 0.3) is 17.5 Å². The van der Waals surface area contributed by atoms with Gasteiger partial charge in [0.1, 0.15) is 22.9 Å². The maximum absolute atomic E-state index is 14.1. The van der Waals surface area contributed by atoms with Gasteiger partial charge in [-0.25, -0.2) is 23.1 Å². The van der Waals surface area contributed by atoms with Crippen molar-refractivity contribution in [2.24, 2.45) is 11.8 Å². The molecule has 0 bridgehead atoms. The Balaban J connectivity index is 1.47. The van der Waals surface area contributed by atoms with Crippen LogP contribution in [0.25, 0.3) is 10.6 Å². The number of rotatable bonds is 7. The number of nitrogens with zero attached hydrogens (tertiary/aromatic N) is 5. The Kier molecular flexibility index (Phi) is 6.18. The maximum atomic E-state index is 14.1. The number of alkyl halides is 4. The summed E-state index contributed by atoms with van der Waals surface area (Å²) in [6.45, 7) is 0. The average molecular weight is 523 g/mol. The van der Waals surface area contributed by atoms with Gasteiger partial charge in [-0.2, -0.15) is 0 Å². The molecule has 0 aliphatic heterocycles. The molecule has 2 aliphatic carbocycles. The third-order valence-corrected chi connectivity index (χ3v) is 7.29. The minimum absolute atomic E-state index is 0.132. The van der Waals surface area contributed by atoms with Gasteiger partial charge in [0, 0.05) is 47.1 Å². The van der Waals surface area contributed by atoms with E-state index >= 15 is 0 Å². The summed E-state index contributed by atoms with van der Waals surface area (Å²) in [6, 6.07) is 4.50. The quantitative estimate of drug-likeness (QED) is 0.474. The molecule has 0 spiro atoms. The standard InChI is InChI=1S/C22H18ClF3N6O2S/c23-18(24)21(34)32(14-3-1-11(2-4-14)20-31-29-10-35-20)17(12-7-27-9-28-8-12)19(33)30-13-5-15-16(6-13)22(15,25)26/h1-4,7-10,13,15-18H,5-6H2,(H,30,33). The molecule has 4 unspecified atom stereocenters. The van der Waals surface area contributed by atoms with Gasteiger partial charge in [0.05, 0.1) is 0 Å². The highest BCUT2D eigenvalue weighted by Gasteiger charge is 2.71. The predicted molar refractivity (Wildman–Crippen MR) is 121 cm³/mol. The van der Waals surface area contributed by atoms with E-state index in [9.17, 15) is 22.8 Å². The van der Waals surface area contributed by atoms with E-state index in [2.05, 4.69) is 25.5 Å². The number of benzene rings is 1. The fourth-order valence-corrected chi connectivity index (χ4v) is 5.32. The van der Waals surface area contributed by atoms with Gasteiger partial charge >= 0.3 is 0 Å². The van der Waals surface area contributed by atoms with E-state index in [0.29, 0.717) is 10.6 Å². The fraction of sp³-hybridized carbons (Fsp3) is 0.364. The lowest BCUT2D eigenvalue weighted by Crippen LogP contribution is -2.48. The zero-order chi connectivity index (χ0) is 24.7. The number of aromatic nitrogens is 4. The monoisotopic (exact) mass is 522 g/mol. The molecule has 2 aromatic heterocycles. The lowest BCUT2D eigenvalue weighted by molar-refractivity contribution is -0.128. The van der Waals surface area contributed by atoms with Crippen molar-refractivity contribution in [3.63, 3.8) is 0 Å². The molecule has 5 rings (SSSR count). The van der Waals surface area contributed by atoms with Crippen molar-refractivity contribution in [1.82, 2.24) is 25.5 Å². The number of hydrogen-bond acceptors (Lipinski definition) is 7. The Bertz CT molecular complexity index is 1200. The molecule has 8 nitrogen and oxygen atoms in total. The third-order valence-electron chi connectivity index (χ3n) is 6.37. The zero-order valence-electron chi connectivity index (χ0n) is 17.9. The molecule has 2 heterocycles. The number of carbonyl (C=O) groups excluding carboxylic acids is 2. The molecule has 182 valence electrons. The Morgan fingerprint density at radius 2 is 1.80 bits per heavy atom. The van der Waals surface area contributed by atoms with Crippen molar-refractivity contribution in [1.29, 1.82) is 0 Å². The first-order valence-electron chi connectivity index (χ1n) is 10.7. The summed E-state index contributed by atoms with van der Waals surface area (Å²) in [7, 11) is 0. The Labute approximate surface area is 206 Å². The van der Waals surface area contributed by atoms with Crippen LogP contribution in [-0.2, 0) is 9.59 Å². The number of nitrogens with one attached hydrogen (secondary N) is 1. The van der Waals surface area contributed by atoms with Gasteiger partial charge in [-0.05, 0) is 37.1 Å². The van der Waals surface area contributed by atoms with Gasteiger partial charge in [-0.1, -0.05) is 22.9 Å². The number of hydrogen-bond donors (Lipinski definition) is 1. The van der Waals surface area contributed by atoms with Crippen molar-refractivity contribution < 1.29 is 22.8 Å². The molecule has 1 aromatic carbocycles. The van der Waals surface area contributed by atoms with Crippen LogP contribution in [0.15, 0.2) is 48.5 Å². The molecule has 2 fully saturated rings. The molecule has 0 radical (unpaired) electrons. The molecule has 2 amide bonds. The van der Waals surface area contributed by atoms with Crippen molar-refractivity contribution in [2.75, 3.05) is 4.90 Å². The van der Waals surface area contributed by atoms with E-state index in [0.717, 1.165) is 4.90 Å². The Morgan fingerprint density at radius 1 is 1.14 bits per heavy atom. The predicted octanol–water partition coefficient (Wildman–Crippen LogP) is 3.76. The molecule has 0 saturated heterocycles. The Morgan fingerprint density at radius 3 is 2.37 bits per heavy atom. The molecule has 3 aromatic rings. The molecule has 4 atom stereocenters. The van der Waals surface area contributed by atoms with E-state index in [1.807, 2.05) is 0 Å². The largest absolute Gasteiger partial charge is 0.351 e. The number of anilines is 1. The van der Waals surface area contributed by atoms with Crippen LogP contribution in [0, 0.1) is 11.8 Å². The van der Waals surface area contributed by atoms with E-state index in [1.54, 1.807) is 17.6 Å². The lowest BCUT2D eigenvalue weighted by atomic mass is 10.0. The van der Waals surface area contributed by atoms with Crippen molar-refractivity contribution >= 4 is 40.4 Å². The van der Waals surface area contributed by atoms with Gasteiger partial charge in [-0.3, -0.25) is 14.5 Å². The van der Waals surface area contributed by atoms with Crippen LogP contribution in [0.1, 0.15) is 24.4 Å². The summed E-state index contributed by atoms with van der Waals surface area (Å²) in [5.74, 6) is -6.04. The number of halogens is 4. The highest BCUT2D eigenvalue weighted by atomic mass is 35.5. The molecule has 2 saturated carbocycles. The summed E-state index contributed by atoms with van der Waals surface area (Å²) in [5, 5.41) is 11.2. The average Bonchev–Trinajstić information content (AvgIpc) is 3.33. The SMILES string of the molecule is O=C(NC1CC2C(C1)C2(F)F)C(c1cncnc1)N(C(=O)C(F)Cl)c1ccc(-c2nncs2)cc1. The first kappa shape index (κ1) is 23.6. The van der Waals surface area contributed by atoms with Crippen LogP contribution in [0.4, 0.5) is 18.9 Å². The number of carbonyl (C=O) groups is 2. The summed E-state index contributed by atoms with van der Waals surface area (Å²) < 4.78 is 41.3. The molecule has 1 N–H and O–H groups in total. The van der Waals surface area contributed by atoms with Crippen LogP contribution in [-0.4, -0.2) is 49.6 Å². The van der Waals surface area contributed by atoms with Gasteiger partial charge in [0.15, 0.2) is 0 Å². The molecular formula is C22H18ClF3N6O2S. The van der Waals surface area contributed by atoms with Crippen LogP contribution >= 0.6 is 22.9 Å². The molecule has 2 aliphatic rings. The third kappa shape index (κ3) is 4.47. The second kappa shape index (κ2) is 9.15. The Hall–Kier alpha value is -3.12. The van der Waals surface area contributed by atoms with Gasteiger partial charge < -0.3 is 5.32 Å². The van der Waals surface area contributed by atoms with Crippen molar-refractivity contribution in [3.8, 4) is 10.6 Å². The highest BCUT2D eigenvalue weighted by Crippen LogP contribution is 2.64. The first-order valence-corrected chi connectivity index (χ1v) is 12.0. The summed E-state index contributed by atoms with van der Waals surface area (Å²) in [4.78, 5) is 35.1. The first-order chi connectivity index (χ1) is 16.8. The summed E-state index contributed by atoms with van der Waals surface area (Å²) in [5.41, 5.74) is 0.240. The van der Waals surface area contributed by atoms with Gasteiger partial charge in [0.2, 0.25) is 5.91 Å². The molecule has 13 heteroatoms. The van der Waals surface area contributed by atoms with Crippen LogP contribution in [0.5, 0.6) is 0 Å². The number of fused-ring (bicyclic) bond motifs is 1. The van der Waals surface area contributed by atoms with Crippen LogP contribution in [0.3, 0.4) is 0 Å². The van der Waals surface area contributed by atoms with Crippen molar-refractivity contribution in [3.05, 3.63) is 54.1 Å². The summed E-state index contributed by atoms with van der Waals surface area (Å²) >= 11 is 6.84. The zero-order valence-corrected chi connectivity index (χ0v) is 19.5. The van der Waals surface area contributed by atoms with E-state index in [1.165, 1.54) is 42.2 Å². The topological polar surface area (TPSA) is 101 Å². The van der Waals surface area contributed by atoms with Crippen LogP contribution < -0.4 is 10.2 Å². The maximum Gasteiger partial charge on any atom is 0.278 e. The lowest BCUT2D eigenvalue weighted by Gasteiger charge is -2.32. The minimum atomic E-state index is -2.69. The normalized spacial score (nSPS) is 23.7. The summed E-state index contributed by atoms with van der Waals surface area (Å²) in [6.07, 6.45) is 4.16. The smallest absolute Gasteiger partial charge is 0.278 e. The fourth-order valence-electron chi connectivity index (χ4n) is 4.65. The van der Waals surface area contributed by atoms with Crippen molar-refractivity contribution in [2.45, 2.75) is 36.5 Å². The van der Waals surface area contributed by atoms with E-state index in [-0.39, 0.29) is 24.1 Å². The second-order valence-electron chi connectivity index (χ2n) is 8.44. The minimum Gasteiger partial charge on any atom is -0.351 e. The number of amides is 2. The second-order valence-corrected chi connectivity index (χ2v) is 9.65. The molecule has 35 heavy (non-hydrogen) atoms. The van der Waals surface area contributed by atoms with Gasteiger partial charge in [-0.15, -0.1) is 10.2 Å². The molecular weight excluding hydrogens is 505 g/mol.